The van der Waals surface area contributed by atoms with Gasteiger partial charge < -0.3 is 4.74 Å². The molecule has 19 heavy (non-hydrogen) atoms. The Balaban J connectivity index is 2.80. The van der Waals surface area contributed by atoms with E-state index in [2.05, 4.69) is 40.7 Å². The summed E-state index contributed by atoms with van der Waals surface area (Å²) in [6.07, 6.45) is 1.01. The third kappa shape index (κ3) is 4.96. The first-order valence-electron chi connectivity index (χ1n) is 6.74. The number of benzene rings is 1. The SMILES string of the molecule is CCCN(CC(=O)OCC)C(C)c1ccccc1Br. The monoisotopic (exact) mass is 327 g/mol. The molecule has 0 amide bonds. The molecular weight excluding hydrogens is 306 g/mol. The maximum atomic E-state index is 11.7. The van der Waals surface area contributed by atoms with Crippen LogP contribution in [-0.2, 0) is 9.53 Å². The lowest BCUT2D eigenvalue weighted by Gasteiger charge is -2.28. The summed E-state index contributed by atoms with van der Waals surface area (Å²) in [5, 5.41) is 0. The van der Waals surface area contributed by atoms with E-state index in [9.17, 15) is 4.79 Å². The number of rotatable bonds is 7. The fraction of sp³-hybridized carbons (Fsp3) is 0.533. The van der Waals surface area contributed by atoms with Crippen LogP contribution in [0.3, 0.4) is 0 Å². The van der Waals surface area contributed by atoms with Crippen LogP contribution in [0.2, 0.25) is 0 Å². The largest absolute Gasteiger partial charge is 0.465 e. The summed E-state index contributed by atoms with van der Waals surface area (Å²) in [5.74, 6) is -0.158. The van der Waals surface area contributed by atoms with Gasteiger partial charge in [0.1, 0.15) is 0 Å². The van der Waals surface area contributed by atoms with Crippen molar-refractivity contribution in [2.45, 2.75) is 33.2 Å². The second kappa shape index (κ2) is 8.33. The first-order valence-corrected chi connectivity index (χ1v) is 7.53. The van der Waals surface area contributed by atoms with Gasteiger partial charge in [-0.2, -0.15) is 0 Å². The molecule has 0 heterocycles. The van der Waals surface area contributed by atoms with E-state index in [4.69, 9.17) is 4.74 Å². The normalized spacial score (nSPS) is 12.5. The third-order valence-electron chi connectivity index (χ3n) is 3.05. The molecule has 1 atom stereocenters. The van der Waals surface area contributed by atoms with Crippen LogP contribution in [0.15, 0.2) is 28.7 Å². The zero-order valence-electron chi connectivity index (χ0n) is 11.9. The summed E-state index contributed by atoms with van der Waals surface area (Å²) < 4.78 is 6.12. The minimum Gasteiger partial charge on any atom is -0.465 e. The molecule has 0 spiro atoms. The second-order valence-corrected chi connectivity index (χ2v) is 5.33. The van der Waals surface area contributed by atoms with E-state index in [1.165, 1.54) is 5.56 Å². The van der Waals surface area contributed by atoms with Crippen molar-refractivity contribution in [2.24, 2.45) is 0 Å². The molecular formula is C15H22BrNO2. The highest BCUT2D eigenvalue weighted by atomic mass is 79.9. The maximum absolute atomic E-state index is 11.7. The Morgan fingerprint density at radius 2 is 2.05 bits per heavy atom. The van der Waals surface area contributed by atoms with E-state index < -0.39 is 0 Å². The Morgan fingerprint density at radius 3 is 2.63 bits per heavy atom. The topological polar surface area (TPSA) is 29.5 Å². The molecule has 0 saturated carbocycles. The number of nitrogens with zero attached hydrogens (tertiary/aromatic N) is 1. The van der Waals surface area contributed by atoms with Crippen LogP contribution in [0.4, 0.5) is 0 Å². The summed E-state index contributed by atoms with van der Waals surface area (Å²) in [7, 11) is 0. The van der Waals surface area contributed by atoms with Crippen molar-refractivity contribution in [3.05, 3.63) is 34.3 Å². The number of carbonyl (C=O) groups is 1. The van der Waals surface area contributed by atoms with Gasteiger partial charge in [0.2, 0.25) is 0 Å². The van der Waals surface area contributed by atoms with Crippen molar-refractivity contribution >= 4 is 21.9 Å². The molecule has 106 valence electrons. The molecule has 0 aliphatic heterocycles. The second-order valence-electron chi connectivity index (χ2n) is 4.47. The highest BCUT2D eigenvalue weighted by Gasteiger charge is 2.20. The van der Waals surface area contributed by atoms with E-state index in [0.717, 1.165) is 17.4 Å². The zero-order chi connectivity index (χ0) is 14.3. The Kier molecular flexibility index (Phi) is 7.10. The third-order valence-corrected chi connectivity index (χ3v) is 3.77. The molecule has 3 nitrogen and oxygen atoms in total. The van der Waals surface area contributed by atoms with E-state index in [1.807, 2.05) is 25.1 Å². The molecule has 1 rings (SSSR count). The van der Waals surface area contributed by atoms with Crippen molar-refractivity contribution < 1.29 is 9.53 Å². The molecule has 0 saturated heterocycles. The lowest BCUT2D eigenvalue weighted by atomic mass is 10.1. The van der Waals surface area contributed by atoms with Crippen molar-refractivity contribution in [3.8, 4) is 0 Å². The molecule has 0 N–H and O–H groups in total. The minimum absolute atomic E-state index is 0.158. The van der Waals surface area contributed by atoms with Crippen LogP contribution in [0.25, 0.3) is 0 Å². The van der Waals surface area contributed by atoms with Crippen LogP contribution >= 0.6 is 15.9 Å². The molecule has 0 aliphatic rings. The average Bonchev–Trinajstić information content (AvgIpc) is 2.38. The van der Waals surface area contributed by atoms with Gasteiger partial charge in [-0.05, 0) is 38.4 Å². The minimum atomic E-state index is -0.158. The number of ether oxygens (including phenoxy) is 1. The van der Waals surface area contributed by atoms with E-state index in [-0.39, 0.29) is 12.0 Å². The number of halogens is 1. The fourth-order valence-corrected chi connectivity index (χ4v) is 2.70. The van der Waals surface area contributed by atoms with Crippen molar-refractivity contribution in [2.75, 3.05) is 19.7 Å². The predicted molar refractivity (Wildman–Crippen MR) is 81.1 cm³/mol. The van der Waals surface area contributed by atoms with Crippen molar-refractivity contribution in [1.82, 2.24) is 4.90 Å². The van der Waals surface area contributed by atoms with Gasteiger partial charge >= 0.3 is 5.97 Å². The summed E-state index contributed by atoms with van der Waals surface area (Å²) in [4.78, 5) is 13.8. The van der Waals surface area contributed by atoms with Crippen LogP contribution in [0.5, 0.6) is 0 Å². The number of esters is 1. The Hall–Kier alpha value is -0.870. The van der Waals surface area contributed by atoms with E-state index in [0.29, 0.717) is 13.2 Å². The molecule has 0 radical (unpaired) electrons. The molecule has 0 aromatic heterocycles. The van der Waals surface area contributed by atoms with E-state index >= 15 is 0 Å². The Labute approximate surface area is 124 Å². The summed E-state index contributed by atoms with van der Waals surface area (Å²) >= 11 is 3.57. The highest BCUT2D eigenvalue weighted by Crippen LogP contribution is 2.27. The van der Waals surface area contributed by atoms with Gasteiger partial charge in [0.15, 0.2) is 0 Å². The van der Waals surface area contributed by atoms with Gasteiger partial charge in [-0.25, -0.2) is 0 Å². The van der Waals surface area contributed by atoms with Gasteiger partial charge in [0.05, 0.1) is 13.2 Å². The molecule has 1 aromatic rings. The van der Waals surface area contributed by atoms with Crippen molar-refractivity contribution in [1.29, 1.82) is 0 Å². The molecule has 1 aromatic carbocycles. The average molecular weight is 328 g/mol. The van der Waals surface area contributed by atoms with Gasteiger partial charge in [-0.15, -0.1) is 0 Å². The highest BCUT2D eigenvalue weighted by molar-refractivity contribution is 9.10. The zero-order valence-corrected chi connectivity index (χ0v) is 13.4. The molecule has 0 fully saturated rings. The number of carbonyl (C=O) groups excluding carboxylic acids is 1. The number of hydrogen-bond donors (Lipinski definition) is 0. The lowest BCUT2D eigenvalue weighted by Crippen LogP contribution is -2.34. The maximum Gasteiger partial charge on any atom is 0.320 e. The molecule has 4 heteroatoms. The van der Waals surface area contributed by atoms with Crippen LogP contribution in [0.1, 0.15) is 38.8 Å². The summed E-state index contributed by atoms with van der Waals surface area (Å²) in [6.45, 7) is 7.72. The smallest absolute Gasteiger partial charge is 0.320 e. The van der Waals surface area contributed by atoms with Gasteiger partial charge in [0.25, 0.3) is 0 Å². The fourth-order valence-electron chi connectivity index (χ4n) is 2.08. The van der Waals surface area contributed by atoms with Gasteiger partial charge in [-0.3, -0.25) is 9.69 Å². The Morgan fingerprint density at radius 1 is 1.37 bits per heavy atom. The standard InChI is InChI=1S/C15H22BrNO2/c1-4-10-17(11-15(18)19-5-2)12(3)13-8-6-7-9-14(13)16/h6-9,12H,4-5,10-11H2,1-3H3. The predicted octanol–water partition coefficient (Wildman–Crippen LogP) is 3.79. The summed E-state index contributed by atoms with van der Waals surface area (Å²) in [6, 6.07) is 8.31. The van der Waals surface area contributed by atoms with Crippen LogP contribution in [0, 0.1) is 0 Å². The molecule has 1 unspecified atom stereocenters. The van der Waals surface area contributed by atoms with E-state index in [1.54, 1.807) is 0 Å². The first kappa shape index (κ1) is 16.2. The Bertz CT molecular complexity index is 409. The summed E-state index contributed by atoms with van der Waals surface area (Å²) in [5.41, 5.74) is 1.19. The molecule has 0 bridgehead atoms. The van der Waals surface area contributed by atoms with Gasteiger partial charge in [-0.1, -0.05) is 41.1 Å². The quantitative estimate of drug-likeness (QED) is 0.713. The first-order chi connectivity index (χ1) is 9.10. The lowest BCUT2D eigenvalue weighted by molar-refractivity contribution is -0.145. The van der Waals surface area contributed by atoms with Crippen LogP contribution in [-0.4, -0.2) is 30.6 Å². The van der Waals surface area contributed by atoms with Crippen molar-refractivity contribution in [3.63, 3.8) is 0 Å². The van der Waals surface area contributed by atoms with Crippen LogP contribution < -0.4 is 0 Å². The van der Waals surface area contributed by atoms with Gasteiger partial charge in [0, 0.05) is 10.5 Å². The number of hydrogen-bond acceptors (Lipinski definition) is 3. The molecule has 0 aliphatic carbocycles.